The largest absolute Gasteiger partial charge is 0.383 e. The van der Waals surface area contributed by atoms with Crippen molar-refractivity contribution in [1.29, 1.82) is 0 Å². The number of nitrogens with zero attached hydrogens (tertiary/aromatic N) is 3. The molecular formula is C12H14N4O2S. The summed E-state index contributed by atoms with van der Waals surface area (Å²) in [6.45, 7) is 1.89. The normalized spacial score (nSPS) is 10.5. The number of benzene rings is 1. The molecule has 0 radical (unpaired) electrons. The lowest BCUT2D eigenvalue weighted by molar-refractivity contribution is -0.386. The van der Waals surface area contributed by atoms with E-state index in [1.165, 1.54) is 11.8 Å². The van der Waals surface area contributed by atoms with Crippen LogP contribution in [0.25, 0.3) is 0 Å². The van der Waals surface area contributed by atoms with E-state index < -0.39 is 0 Å². The first-order chi connectivity index (χ1) is 9.02. The Morgan fingerprint density at radius 1 is 1.47 bits per heavy atom. The van der Waals surface area contributed by atoms with Crippen LogP contribution < -0.4 is 5.32 Å². The average molecular weight is 278 g/mol. The standard InChI is InChI=1S/C12H14N4O2S/c1-8-7-11(15(3)14-8)19-10-6-4-5-9(13-2)12(10)16(17)18/h4-7,13H,1-3H3. The van der Waals surface area contributed by atoms with Crippen LogP contribution in [-0.2, 0) is 7.05 Å². The average Bonchev–Trinajstić information content (AvgIpc) is 2.67. The van der Waals surface area contributed by atoms with Crippen molar-refractivity contribution in [3.63, 3.8) is 0 Å². The molecule has 0 saturated carbocycles. The maximum absolute atomic E-state index is 11.2. The Labute approximate surface area is 115 Å². The molecule has 100 valence electrons. The number of hydrogen-bond donors (Lipinski definition) is 1. The fourth-order valence-electron chi connectivity index (χ4n) is 1.79. The molecule has 6 nitrogen and oxygen atoms in total. The van der Waals surface area contributed by atoms with Crippen LogP contribution in [0.2, 0.25) is 0 Å². The zero-order valence-electron chi connectivity index (χ0n) is 10.9. The molecule has 1 heterocycles. The highest BCUT2D eigenvalue weighted by atomic mass is 32.2. The highest BCUT2D eigenvalue weighted by molar-refractivity contribution is 7.99. The zero-order chi connectivity index (χ0) is 14.0. The molecule has 1 aromatic carbocycles. The molecule has 0 aliphatic rings. The molecule has 2 aromatic rings. The fourth-order valence-corrected chi connectivity index (χ4v) is 2.85. The molecule has 0 saturated heterocycles. The van der Waals surface area contributed by atoms with Gasteiger partial charge in [0.05, 0.1) is 20.5 Å². The van der Waals surface area contributed by atoms with Crippen molar-refractivity contribution in [2.75, 3.05) is 12.4 Å². The van der Waals surface area contributed by atoms with E-state index in [9.17, 15) is 10.1 Å². The number of anilines is 1. The number of aromatic nitrogens is 2. The minimum atomic E-state index is -0.364. The molecule has 19 heavy (non-hydrogen) atoms. The number of nitrogens with one attached hydrogen (secondary N) is 1. The predicted molar refractivity (Wildman–Crippen MR) is 74.7 cm³/mol. The lowest BCUT2D eigenvalue weighted by atomic mass is 10.3. The van der Waals surface area contributed by atoms with Crippen molar-refractivity contribution in [3.05, 3.63) is 40.1 Å². The minimum Gasteiger partial charge on any atom is -0.383 e. The molecule has 7 heteroatoms. The molecule has 0 spiro atoms. The van der Waals surface area contributed by atoms with Crippen LogP contribution in [0.3, 0.4) is 0 Å². The van der Waals surface area contributed by atoms with Gasteiger partial charge in [0.25, 0.3) is 0 Å². The predicted octanol–water partition coefficient (Wildman–Crippen LogP) is 2.83. The highest BCUT2D eigenvalue weighted by Gasteiger charge is 2.20. The Hall–Kier alpha value is -2.02. The maximum Gasteiger partial charge on any atom is 0.306 e. The van der Waals surface area contributed by atoms with Gasteiger partial charge in [-0.05, 0) is 25.1 Å². The summed E-state index contributed by atoms with van der Waals surface area (Å²) in [6, 6.07) is 7.13. The third-order valence-corrected chi connectivity index (χ3v) is 3.77. The topological polar surface area (TPSA) is 73.0 Å². The number of hydrogen-bond acceptors (Lipinski definition) is 5. The summed E-state index contributed by atoms with van der Waals surface area (Å²) in [6.07, 6.45) is 0. The number of aryl methyl sites for hydroxylation is 2. The van der Waals surface area contributed by atoms with Crippen LogP contribution in [0.15, 0.2) is 34.2 Å². The van der Waals surface area contributed by atoms with Gasteiger partial charge in [0.2, 0.25) is 0 Å². The van der Waals surface area contributed by atoms with E-state index in [4.69, 9.17) is 0 Å². The van der Waals surface area contributed by atoms with Gasteiger partial charge < -0.3 is 5.32 Å². The van der Waals surface area contributed by atoms with Gasteiger partial charge >= 0.3 is 5.69 Å². The van der Waals surface area contributed by atoms with Crippen LogP contribution >= 0.6 is 11.8 Å². The first kappa shape index (κ1) is 13.4. The Kier molecular flexibility index (Phi) is 3.75. The van der Waals surface area contributed by atoms with Gasteiger partial charge in [-0.25, -0.2) is 0 Å². The zero-order valence-corrected chi connectivity index (χ0v) is 11.7. The molecule has 0 unspecified atom stereocenters. The van der Waals surface area contributed by atoms with Crippen molar-refractivity contribution in [2.45, 2.75) is 16.8 Å². The molecule has 0 fully saturated rings. The summed E-state index contributed by atoms with van der Waals surface area (Å²) in [5.74, 6) is 0. The van der Waals surface area contributed by atoms with E-state index in [1.807, 2.05) is 20.0 Å². The van der Waals surface area contributed by atoms with E-state index >= 15 is 0 Å². The Morgan fingerprint density at radius 3 is 2.74 bits per heavy atom. The Bertz CT molecular complexity index is 624. The molecule has 0 bridgehead atoms. The summed E-state index contributed by atoms with van der Waals surface area (Å²) in [4.78, 5) is 11.4. The van der Waals surface area contributed by atoms with E-state index in [1.54, 1.807) is 29.9 Å². The number of nitro groups is 1. The second-order valence-electron chi connectivity index (χ2n) is 4.01. The first-order valence-electron chi connectivity index (χ1n) is 5.66. The van der Waals surface area contributed by atoms with E-state index in [0.29, 0.717) is 10.6 Å². The molecule has 0 amide bonds. The van der Waals surface area contributed by atoms with Crippen LogP contribution in [-0.4, -0.2) is 21.8 Å². The molecule has 1 aromatic heterocycles. The number of nitro benzene ring substituents is 1. The second-order valence-corrected chi connectivity index (χ2v) is 5.07. The van der Waals surface area contributed by atoms with Gasteiger partial charge in [0, 0.05) is 14.1 Å². The Morgan fingerprint density at radius 2 is 2.21 bits per heavy atom. The fraction of sp³-hybridized carbons (Fsp3) is 0.250. The van der Waals surface area contributed by atoms with E-state index in [0.717, 1.165) is 10.7 Å². The summed E-state index contributed by atoms with van der Waals surface area (Å²) in [5.41, 5.74) is 1.49. The van der Waals surface area contributed by atoms with Gasteiger partial charge in [0.15, 0.2) is 0 Å². The van der Waals surface area contributed by atoms with Crippen molar-refractivity contribution in [2.24, 2.45) is 7.05 Å². The van der Waals surface area contributed by atoms with Gasteiger partial charge in [-0.2, -0.15) is 5.10 Å². The smallest absolute Gasteiger partial charge is 0.306 e. The molecule has 0 atom stereocenters. The number of rotatable bonds is 4. The third kappa shape index (κ3) is 2.70. The van der Waals surface area contributed by atoms with Gasteiger partial charge in [-0.15, -0.1) is 0 Å². The van der Waals surface area contributed by atoms with Crippen molar-refractivity contribution < 1.29 is 4.92 Å². The minimum absolute atomic E-state index is 0.0915. The quantitative estimate of drug-likeness (QED) is 0.687. The lowest BCUT2D eigenvalue weighted by Crippen LogP contribution is -1.99. The summed E-state index contributed by atoms with van der Waals surface area (Å²) in [7, 11) is 3.49. The summed E-state index contributed by atoms with van der Waals surface area (Å²) < 4.78 is 1.72. The first-order valence-corrected chi connectivity index (χ1v) is 6.48. The lowest BCUT2D eigenvalue weighted by Gasteiger charge is -2.07. The SMILES string of the molecule is CNc1cccc(Sc2cc(C)nn2C)c1[N+](=O)[O-]. The van der Waals surface area contributed by atoms with E-state index in [-0.39, 0.29) is 10.6 Å². The second kappa shape index (κ2) is 5.31. The summed E-state index contributed by atoms with van der Waals surface area (Å²) >= 11 is 1.34. The Balaban J connectivity index is 2.45. The van der Waals surface area contributed by atoms with Crippen LogP contribution in [0, 0.1) is 17.0 Å². The molecule has 0 aliphatic heterocycles. The van der Waals surface area contributed by atoms with Crippen molar-refractivity contribution >= 4 is 23.1 Å². The third-order valence-electron chi connectivity index (χ3n) is 2.62. The molecule has 0 aliphatic carbocycles. The molecule has 2 rings (SSSR count). The van der Waals surface area contributed by atoms with Gasteiger partial charge in [-0.1, -0.05) is 17.8 Å². The van der Waals surface area contributed by atoms with Gasteiger partial charge in [0.1, 0.15) is 5.69 Å². The van der Waals surface area contributed by atoms with Crippen molar-refractivity contribution in [3.8, 4) is 0 Å². The maximum atomic E-state index is 11.2. The van der Waals surface area contributed by atoms with Crippen LogP contribution in [0.1, 0.15) is 5.69 Å². The van der Waals surface area contributed by atoms with Gasteiger partial charge in [-0.3, -0.25) is 14.8 Å². The number of para-hydroxylation sites is 1. The molecule has 1 N–H and O–H groups in total. The highest BCUT2D eigenvalue weighted by Crippen LogP contribution is 2.39. The van der Waals surface area contributed by atoms with E-state index in [2.05, 4.69) is 10.4 Å². The van der Waals surface area contributed by atoms with Crippen molar-refractivity contribution in [1.82, 2.24) is 9.78 Å². The van der Waals surface area contributed by atoms with Crippen LogP contribution in [0.5, 0.6) is 0 Å². The van der Waals surface area contributed by atoms with Crippen LogP contribution in [0.4, 0.5) is 11.4 Å². The monoisotopic (exact) mass is 278 g/mol. The molecular weight excluding hydrogens is 264 g/mol. The summed E-state index contributed by atoms with van der Waals surface area (Å²) in [5, 5.41) is 19.2.